The second kappa shape index (κ2) is 60.3. The van der Waals surface area contributed by atoms with Gasteiger partial charge in [0, 0.05) is 51.9 Å². The summed E-state index contributed by atoms with van der Waals surface area (Å²) >= 11 is 0. The van der Waals surface area contributed by atoms with E-state index in [9.17, 15) is 78.6 Å². The molecule has 0 saturated carbocycles. The van der Waals surface area contributed by atoms with Crippen molar-refractivity contribution in [1.29, 1.82) is 0 Å². The van der Waals surface area contributed by atoms with Crippen LogP contribution in [0.1, 0.15) is 160 Å². The molecule has 808 valence electrons. The number of unbranched alkanes of at least 4 members (excludes halogenated alkanes) is 2. The molecule has 2 aliphatic rings. The second-order valence-corrected chi connectivity index (χ2v) is 37.2. The molecule has 150 heavy (non-hydrogen) atoms. The average molecular weight is 2080 g/mol. The summed E-state index contributed by atoms with van der Waals surface area (Å²) < 4.78 is 11.7. The summed E-state index contributed by atoms with van der Waals surface area (Å²) in [5, 5.41) is 98.0. The zero-order valence-electron chi connectivity index (χ0n) is 85.8. The second-order valence-electron chi connectivity index (χ2n) is 37.2. The van der Waals surface area contributed by atoms with Gasteiger partial charge in [0.2, 0.25) is 70.9 Å². The Balaban J connectivity index is 1.40. The summed E-state index contributed by atoms with van der Waals surface area (Å²) in [6, 6.07) is 8.84. The lowest BCUT2D eigenvalue weighted by Gasteiger charge is -2.31. The number of hydrogen-bond acceptors (Lipinski definition) is 27. The molecular formula is C107H139N17O26. The molecule has 1 fully saturated rings. The number of phenols is 2. The normalized spacial score (nSPS) is 24.3. The highest BCUT2D eigenvalue weighted by atomic mass is 16.6. The number of rotatable bonds is 30. The summed E-state index contributed by atoms with van der Waals surface area (Å²) in [7, 11) is 2.12. The van der Waals surface area contributed by atoms with E-state index < -0.39 is 272 Å². The molecule has 43 heteroatoms. The number of likely N-dealkylation sites (N-methyl/N-ethyl adjacent to an activating group) is 2. The number of ether oxygens (including phenoxy) is 2. The number of nitrogens with zero attached hydrogens (tertiary/aromatic N) is 2. The first-order valence-corrected chi connectivity index (χ1v) is 49.3. The lowest BCUT2D eigenvalue weighted by Crippen LogP contribution is -2.62. The molecule has 5 aromatic rings. The minimum absolute atomic E-state index is 0.106. The molecule has 43 nitrogen and oxygen atoms in total. The number of cyclic esters (lactones) is 2. The van der Waals surface area contributed by atoms with Gasteiger partial charge >= 0.3 is 11.9 Å². The number of hydrogen-bond donors (Lipinski definition) is 21. The molecule has 2 heterocycles. The maximum absolute atomic E-state index is 15.7. The quantitative estimate of drug-likeness (QED) is 0.0174. The van der Waals surface area contributed by atoms with Crippen LogP contribution in [0.2, 0.25) is 0 Å². The predicted octanol–water partition coefficient (Wildman–Crippen LogP) is 1.10. The van der Waals surface area contributed by atoms with E-state index in [0.717, 1.165) is 84.2 Å². The highest BCUT2D eigenvalue weighted by molar-refractivity contribution is 6.08. The fourth-order valence-corrected chi connectivity index (χ4v) is 15.7. The van der Waals surface area contributed by atoms with Crippen LogP contribution in [0, 0.1) is 17.8 Å². The van der Waals surface area contributed by atoms with E-state index in [4.69, 9.17) is 20.9 Å². The number of allylic oxidation sites excluding steroid dienone is 3. The van der Waals surface area contributed by atoms with Gasteiger partial charge < -0.3 is 130 Å². The van der Waals surface area contributed by atoms with Crippen molar-refractivity contribution in [3.05, 3.63) is 226 Å². The van der Waals surface area contributed by atoms with Crippen molar-refractivity contribution in [3.63, 3.8) is 0 Å². The van der Waals surface area contributed by atoms with Crippen LogP contribution in [0.3, 0.4) is 0 Å². The number of nitrogens with one attached hydrogen (secondary N) is 13. The van der Waals surface area contributed by atoms with Crippen molar-refractivity contribution < 1.29 is 126 Å². The van der Waals surface area contributed by atoms with Crippen molar-refractivity contribution in [2.45, 2.75) is 237 Å². The van der Waals surface area contributed by atoms with Gasteiger partial charge in [-0.05, 0) is 159 Å². The first kappa shape index (κ1) is 121. The molecule has 23 N–H and O–H groups in total. The van der Waals surface area contributed by atoms with Crippen LogP contribution in [0.25, 0.3) is 24.3 Å². The number of esters is 2. The van der Waals surface area contributed by atoms with Crippen molar-refractivity contribution in [2.75, 3.05) is 33.9 Å². The number of amides is 16. The van der Waals surface area contributed by atoms with Gasteiger partial charge in [0.15, 0.2) is 12.1 Å². The number of primary amides is 2. The van der Waals surface area contributed by atoms with E-state index in [-0.39, 0.29) is 41.4 Å². The number of nitrogens with two attached hydrogens (primary N) is 2. The van der Waals surface area contributed by atoms with Crippen molar-refractivity contribution >= 4 is 131 Å². The number of phenolic OH excluding ortho intramolecular Hbond substituents is 2. The first-order valence-electron chi connectivity index (χ1n) is 49.3. The Morgan fingerprint density at radius 2 is 0.833 bits per heavy atom. The Bertz CT molecular complexity index is 5770. The number of carbonyl (C=O) groups is 18. The van der Waals surface area contributed by atoms with E-state index in [2.05, 4.69) is 69.1 Å². The Morgan fingerprint density at radius 1 is 0.460 bits per heavy atom. The fraction of sp³-hybridized carbons (Fsp3) is 0.421. The minimum atomic E-state index is -2.21. The molecule has 0 aromatic heterocycles. The molecule has 0 radical (unpaired) electrons. The van der Waals surface area contributed by atoms with Crippen LogP contribution >= 0.6 is 0 Å². The summed E-state index contributed by atoms with van der Waals surface area (Å²) in [6.07, 6.45) is 8.77. The third-order valence-electron chi connectivity index (χ3n) is 23.9. The molecule has 5 aromatic carbocycles. The summed E-state index contributed by atoms with van der Waals surface area (Å²) in [5.41, 5.74) is 12.9. The first-order chi connectivity index (χ1) is 71.2. The highest BCUT2D eigenvalue weighted by Gasteiger charge is 2.44. The van der Waals surface area contributed by atoms with Gasteiger partial charge in [0.05, 0.1) is 38.3 Å². The van der Waals surface area contributed by atoms with Gasteiger partial charge in [-0.1, -0.05) is 194 Å². The number of aliphatic hydroxyl groups is 4. The SMILES string of the molecule is CCCC=Cc1ccccc1C=CC(=O)NC1C(=O)N(C)C(=Cc2ccc(O)cc2)C(=O)NC(CC(C)C)C(=O)NC(Cc2ccccc2)C(=O)NC(C(C)O)C(=O)NC(CC(N)=O)C(=O)NC(CO)C(=O)OC(C)C(NC(=O)CC=C2C=CNCC2C=CCCC)C(=O)N(C)C(=Cc2ccc(O)cc2)C(=O)NC(CC(C)C)C(=O)NC(Cc2ccccc2)C(=O)NC(C(C)O)C(=O)NC(CC(N)=O)C(=O)NC(CO)C(=O)OC1C. The minimum Gasteiger partial charge on any atom is -0.508 e. The van der Waals surface area contributed by atoms with Crippen LogP contribution in [0.15, 0.2) is 193 Å². The van der Waals surface area contributed by atoms with Crippen LogP contribution in [-0.2, 0) is 109 Å². The van der Waals surface area contributed by atoms with E-state index in [1.54, 1.807) is 131 Å². The molecule has 0 bridgehead atoms. The van der Waals surface area contributed by atoms with Crippen LogP contribution in [0.4, 0.5) is 0 Å². The zero-order valence-corrected chi connectivity index (χ0v) is 85.8. The van der Waals surface area contributed by atoms with Crippen molar-refractivity contribution in [2.24, 2.45) is 29.2 Å². The van der Waals surface area contributed by atoms with Gasteiger partial charge in [0.25, 0.3) is 23.6 Å². The fourth-order valence-electron chi connectivity index (χ4n) is 15.7. The van der Waals surface area contributed by atoms with Crippen LogP contribution in [0.5, 0.6) is 11.5 Å². The molecule has 2 aliphatic heterocycles. The van der Waals surface area contributed by atoms with Gasteiger partial charge in [-0.15, -0.1) is 0 Å². The smallest absolute Gasteiger partial charge is 0.331 e. The number of aromatic hydroxyl groups is 2. The largest absolute Gasteiger partial charge is 0.508 e. The van der Waals surface area contributed by atoms with E-state index in [1.165, 1.54) is 54.6 Å². The summed E-state index contributed by atoms with van der Waals surface area (Å²) in [6.45, 7) is 12.6. The number of aliphatic hydroxyl groups excluding tert-OH is 4. The van der Waals surface area contributed by atoms with Crippen LogP contribution < -0.4 is 80.6 Å². The Kier molecular flexibility index (Phi) is 48.6. The molecule has 1 saturated heterocycles. The molecule has 0 spiro atoms. The molecule has 16 amide bonds. The third-order valence-corrected chi connectivity index (χ3v) is 23.9. The van der Waals surface area contributed by atoms with Gasteiger partial charge in [-0.25, -0.2) is 9.59 Å². The van der Waals surface area contributed by atoms with Crippen molar-refractivity contribution in [1.82, 2.24) is 78.9 Å². The Labute approximate surface area is 869 Å². The standard InChI is InChI=1S/C107H139N17O26/c1-13-15-19-31-70-32-25-26-33-71(70)39-45-88(133)119-92-64(9)149-106(147)82(58-125)117-96(137)80(55-86(108)131)115-102(143)90(62(7)127)121-99(140)79(52-67-29-23-18-24-30-67)112-95(136)77(50-61(5)6)114-101(142)85(54-69-37-43-75(130)44-38-69)124(12)105(146)93(120-89(134)46-40-72-47-48-110-57-73(72)34-20-16-14-2)65(10)150-107(148)83(59-126)118-97(138)81(56-87(109)132)116-103(144)91(63(8)128)122-98(139)78(51-66-27-21-17-22-28-66)111-94(135)76(49-60(3)4)113-100(141)84(123(11)104(92)145)53-68-35-41-74(129)42-36-68/h17-45,47-48,53-54,60-65,73,76-83,90-93,110,125-130H,13-16,46,49-52,55-59H2,1-12H3,(H2,108,131)(H2,109,132)(H,111,135)(H,112,136)(H,113,141)(H,114,142)(H,115,143)(H,116,144)(H,117,137)(H,118,138)(H,119,133)(H,120,134)(H,121,140)(H,122,139). The van der Waals surface area contributed by atoms with E-state index >= 15 is 38.4 Å². The molecule has 17 atom stereocenters. The maximum Gasteiger partial charge on any atom is 0.331 e. The highest BCUT2D eigenvalue weighted by Crippen LogP contribution is 2.26. The van der Waals surface area contributed by atoms with Gasteiger partial charge in [-0.3, -0.25) is 76.7 Å². The summed E-state index contributed by atoms with van der Waals surface area (Å²) in [4.78, 5) is 268. The lowest BCUT2D eigenvalue weighted by molar-refractivity contribution is -0.158. The molecule has 7 rings (SSSR count). The zero-order chi connectivity index (χ0) is 111. The molecule has 17 unspecified atom stereocenters. The average Bonchev–Trinajstić information content (AvgIpc) is 0.815. The predicted molar refractivity (Wildman–Crippen MR) is 553 cm³/mol. The van der Waals surface area contributed by atoms with E-state index in [0.29, 0.717) is 45.7 Å². The monoisotopic (exact) mass is 2080 g/mol. The number of benzene rings is 5. The van der Waals surface area contributed by atoms with E-state index in [1.807, 2.05) is 38.2 Å². The molecular weight excluding hydrogens is 1940 g/mol. The Hall–Kier alpha value is -16.0. The van der Waals surface area contributed by atoms with Gasteiger partial charge in [-0.2, -0.15) is 0 Å². The van der Waals surface area contributed by atoms with Gasteiger partial charge in [0.1, 0.15) is 95.5 Å². The topological polar surface area (TPSA) is 662 Å². The molecule has 0 aliphatic carbocycles. The lowest BCUT2D eigenvalue weighted by atomic mass is 9.94. The maximum atomic E-state index is 15.7. The summed E-state index contributed by atoms with van der Waals surface area (Å²) in [5.74, 6) is -24.6. The third kappa shape index (κ3) is 38.7. The Morgan fingerprint density at radius 3 is 1.23 bits per heavy atom. The van der Waals surface area contributed by atoms with Crippen molar-refractivity contribution in [3.8, 4) is 11.5 Å². The van der Waals surface area contributed by atoms with Crippen LogP contribution in [-0.4, -0.2) is 278 Å². The number of carbonyl (C=O) groups excluding carboxylic acids is 18.